The summed E-state index contributed by atoms with van der Waals surface area (Å²) in [5.74, 6) is -7.57. The van der Waals surface area contributed by atoms with E-state index < -0.39 is 63.8 Å². The number of ether oxygens (including phenoxy) is 1. The molecule has 0 aliphatic carbocycles. The van der Waals surface area contributed by atoms with Crippen molar-refractivity contribution >= 4 is 40.8 Å². The van der Waals surface area contributed by atoms with Crippen molar-refractivity contribution in [3.05, 3.63) is 113 Å². The van der Waals surface area contributed by atoms with Gasteiger partial charge in [0.2, 0.25) is 0 Å². The third-order valence-corrected chi connectivity index (χ3v) is 7.88. The molecule has 14 nitrogen and oxygen atoms in total. The fraction of sp³-hybridized carbons (Fsp3) is 0.176. The second kappa shape index (κ2) is 15.0. The lowest BCUT2D eigenvalue weighted by molar-refractivity contribution is 0.0691. The van der Waals surface area contributed by atoms with Crippen LogP contribution in [0, 0.1) is 17.5 Å². The van der Waals surface area contributed by atoms with E-state index in [2.05, 4.69) is 36.1 Å². The first-order valence-electron chi connectivity index (χ1n) is 15.6. The predicted molar refractivity (Wildman–Crippen MR) is 177 cm³/mol. The molecule has 0 spiro atoms. The molecular weight excluding hydrogens is 673 g/mol. The monoisotopic (exact) mass is 702 g/mol. The number of hydrogen-bond acceptors (Lipinski definition) is 8. The van der Waals surface area contributed by atoms with Crippen LogP contribution in [0.3, 0.4) is 0 Å². The zero-order valence-electron chi connectivity index (χ0n) is 26.6. The van der Waals surface area contributed by atoms with Crippen LogP contribution in [0.2, 0.25) is 0 Å². The molecule has 0 unspecified atom stereocenters. The SMILES string of the molecule is O=C(Nc1cn(-c2[nH]nc(C(=O)O)c2NC(=O)c2c(F)cccc2F)nc1C(=O)Nc1ccc(F)cc1)c1ccccc1OCCN1CCCC1. The van der Waals surface area contributed by atoms with Gasteiger partial charge in [-0.25, -0.2) is 22.6 Å². The largest absolute Gasteiger partial charge is 0.491 e. The number of carbonyl (C=O) groups excluding carboxylic acids is 3. The molecule has 0 bridgehead atoms. The molecule has 0 saturated carbocycles. The molecule has 2 aromatic heterocycles. The Hall–Kier alpha value is -6.49. The zero-order valence-corrected chi connectivity index (χ0v) is 26.6. The van der Waals surface area contributed by atoms with Crippen molar-refractivity contribution < 1.29 is 42.2 Å². The summed E-state index contributed by atoms with van der Waals surface area (Å²) >= 11 is 0. The molecule has 17 heteroatoms. The van der Waals surface area contributed by atoms with Gasteiger partial charge in [-0.2, -0.15) is 10.2 Å². The van der Waals surface area contributed by atoms with Gasteiger partial charge in [-0.05, 0) is 74.5 Å². The summed E-state index contributed by atoms with van der Waals surface area (Å²) in [7, 11) is 0. The number of carbonyl (C=O) groups is 4. The third kappa shape index (κ3) is 7.73. The molecule has 0 atom stereocenters. The van der Waals surface area contributed by atoms with Crippen LogP contribution >= 0.6 is 0 Å². The Kier molecular flexibility index (Phi) is 10.1. The minimum absolute atomic E-state index is 0.131. The van der Waals surface area contributed by atoms with Gasteiger partial charge in [0.1, 0.15) is 41.1 Å². The van der Waals surface area contributed by atoms with Gasteiger partial charge in [-0.15, -0.1) is 0 Å². The van der Waals surface area contributed by atoms with Crippen LogP contribution in [-0.4, -0.2) is 79.9 Å². The first kappa shape index (κ1) is 34.4. The van der Waals surface area contributed by atoms with Crippen LogP contribution < -0.4 is 20.7 Å². The zero-order chi connectivity index (χ0) is 36.1. The van der Waals surface area contributed by atoms with E-state index in [0.717, 1.165) is 67.1 Å². The van der Waals surface area contributed by atoms with E-state index in [4.69, 9.17) is 4.74 Å². The summed E-state index contributed by atoms with van der Waals surface area (Å²) in [6, 6.07) is 14.0. The number of para-hydroxylation sites is 1. The maximum atomic E-state index is 14.4. The van der Waals surface area contributed by atoms with Crippen molar-refractivity contribution in [3.63, 3.8) is 0 Å². The van der Waals surface area contributed by atoms with Crippen molar-refractivity contribution in [2.24, 2.45) is 0 Å². The molecule has 3 aromatic carbocycles. The lowest BCUT2D eigenvalue weighted by Gasteiger charge is -2.16. The molecule has 6 rings (SSSR count). The Morgan fingerprint density at radius 2 is 1.53 bits per heavy atom. The number of H-pyrrole nitrogens is 1. The number of aromatic amines is 1. The molecule has 3 amide bonds. The van der Waals surface area contributed by atoms with Crippen LogP contribution in [0.25, 0.3) is 5.82 Å². The standard InChI is InChI=1S/C34H29F3N8O6/c35-19-10-12-20(13-11-19)38-33(48)27-24(39-31(46)21-6-1-2-9-25(21)51-17-16-44-14-3-4-15-44)18-45(43-27)30-28(29(34(49)50)41-42-30)40-32(47)26-22(36)7-5-8-23(26)37/h1-2,5-13,18H,3-4,14-17H2,(H,38,48)(H,39,46)(H,40,47)(H,41,42)(H,49,50). The number of likely N-dealkylation sites (tertiary alicyclic amines) is 1. The summed E-state index contributed by atoms with van der Waals surface area (Å²) < 4.78 is 49.2. The number of halogens is 3. The number of aromatic nitrogens is 4. The Balaban J connectivity index is 1.34. The molecule has 0 radical (unpaired) electrons. The van der Waals surface area contributed by atoms with Gasteiger partial charge in [-0.1, -0.05) is 18.2 Å². The van der Waals surface area contributed by atoms with Gasteiger partial charge in [0.05, 0.1) is 17.4 Å². The van der Waals surface area contributed by atoms with Crippen LogP contribution in [0.4, 0.5) is 30.2 Å². The highest BCUT2D eigenvalue weighted by Gasteiger charge is 2.28. The Bertz CT molecular complexity index is 2090. The summed E-state index contributed by atoms with van der Waals surface area (Å²) in [5.41, 5.74) is -2.58. The van der Waals surface area contributed by atoms with Gasteiger partial charge in [0.25, 0.3) is 17.7 Å². The van der Waals surface area contributed by atoms with Gasteiger partial charge in [0, 0.05) is 12.2 Å². The number of carboxylic acids is 1. The van der Waals surface area contributed by atoms with Crippen molar-refractivity contribution in [2.45, 2.75) is 12.8 Å². The Morgan fingerprint density at radius 3 is 2.24 bits per heavy atom. The number of nitrogens with zero attached hydrogens (tertiary/aromatic N) is 4. The van der Waals surface area contributed by atoms with Crippen LogP contribution in [0.5, 0.6) is 5.75 Å². The summed E-state index contributed by atoms with van der Waals surface area (Å²) in [4.78, 5) is 54.4. The van der Waals surface area contributed by atoms with E-state index in [9.17, 15) is 37.5 Å². The first-order valence-corrected chi connectivity index (χ1v) is 15.6. The molecule has 1 aliphatic heterocycles. The lowest BCUT2D eigenvalue weighted by Crippen LogP contribution is -2.25. The molecule has 1 fully saturated rings. The number of aromatic carboxylic acids is 1. The van der Waals surface area contributed by atoms with Crippen molar-refractivity contribution in [1.82, 2.24) is 24.9 Å². The summed E-state index contributed by atoms with van der Waals surface area (Å²) in [5, 5.41) is 27.4. The maximum absolute atomic E-state index is 14.4. The highest BCUT2D eigenvalue weighted by Crippen LogP contribution is 2.28. The van der Waals surface area contributed by atoms with Gasteiger partial charge < -0.3 is 25.8 Å². The normalized spacial score (nSPS) is 12.8. The number of benzene rings is 3. The molecule has 51 heavy (non-hydrogen) atoms. The van der Waals surface area contributed by atoms with Crippen LogP contribution in [0.1, 0.15) is 54.5 Å². The number of amides is 3. The summed E-state index contributed by atoms with van der Waals surface area (Å²) in [6.45, 7) is 2.92. The molecule has 5 N–H and O–H groups in total. The number of anilines is 3. The van der Waals surface area contributed by atoms with E-state index in [0.29, 0.717) is 13.2 Å². The molecule has 1 saturated heterocycles. The Labute approximate surface area is 287 Å². The number of hydrogen-bond donors (Lipinski definition) is 5. The Morgan fingerprint density at radius 1 is 0.824 bits per heavy atom. The van der Waals surface area contributed by atoms with Crippen molar-refractivity contribution in [1.29, 1.82) is 0 Å². The lowest BCUT2D eigenvalue weighted by atomic mass is 10.1. The fourth-order valence-corrected chi connectivity index (χ4v) is 5.39. The highest BCUT2D eigenvalue weighted by molar-refractivity contribution is 6.12. The number of carboxylic acid groups (broad SMARTS) is 1. The average Bonchev–Trinajstić information content (AvgIpc) is 3.87. The molecule has 262 valence electrons. The predicted octanol–water partition coefficient (Wildman–Crippen LogP) is 4.94. The summed E-state index contributed by atoms with van der Waals surface area (Å²) in [6.07, 6.45) is 3.35. The van der Waals surface area contributed by atoms with E-state index in [1.54, 1.807) is 18.2 Å². The molecular formula is C34H29F3N8O6. The number of nitrogens with one attached hydrogen (secondary N) is 4. The van der Waals surface area contributed by atoms with Crippen LogP contribution in [-0.2, 0) is 0 Å². The van der Waals surface area contributed by atoms with Gasteiger partial charge in [0.15, 0.2) is 17.2 Å². The smallest absolute Gasteiger partial charge is 0.358 e. The van der Waals surface area contributed by atoms with E-state index >= 15 is 0 Å². The third-order valence-electron chi connectivity index (χ3n) is 7.88. The van der Waals surface area contributed by atoms with Crippen molar-refractivity contribution in [2.75, 3.05) is 42.2 Å². The second-order valence-electron chi connectivity index (χ2n) is 11.3. The van der Waals surface area contributed by atoms with Gasteiger partial charge >= 0.3 is 5.97 Å². The number of rotatable bonds is 12. The topological polar surface area (TPSA) is 184 Å². The first-order chi connectivity index (χ1) is 24.6. The van der Waals surface area contributed by atoms with E-state index in [1.807, 2.05) is 0 Å². The highest BCUT2D eigenvalue weighted by atomic mass is 19.1. The fourth-order valence-electron chi connectivity index (χ4n) is 5.39. The van der Waals surface area contributed by atoms with Gasteiger partial charge in [-0.3, -0.25) is 24.4 Å². The molecule has 5 aromatic rings. The maximum Gasteiger partial charge on any atom is 0.358 e. The van der Waals surface area contributed by atoms with Crippen molar-refractivity contribution in [3.8, 4) is 11.6 Å². The minimum atomic E-state index is -1.63. The minimum Gasteiger partial charge on any atom is -0.491 e. The second-order valence-corrected chi connectivity index (χ2v) is 11.3. The van der Waals surface area contributed by atoms with E-state index in [1.165, 1.54) is 18.2 Å². The molecule has 3 heterocycles. The van der Waals surface area contributed by atoms with E-state index in [-0.39, 0.29) is 28.5 Å². The average molecular weight is 703 g/mol. The quantitative estimate of drug-likeness (QED) is 0.120. The van der Waals surface area contributed by atoms with Crippen LogP contribution in [0.15, 0.2) is 72.9 Å². The molecule has 1 aliphatic rings.